The molecule has 0 saturated heterocycles. The maximum absolute atomic E-state index is 12.3. The van der Waals surface area contributed by atoms with Gasteiger partial charge in [-0.2, -0.15) is 0 Å². The zero-order chi connectivity index (χ0) is 24.1. The molecule has 1 unspecified atom stereocenters. The normalized spacial score (nSPS) is 13.0. The van der Waals surface area contributed by atoms with Crippen molar-refractivity contribution < 1.29 is 19.1 Å². The van der Waals surface area contributed by atoms with Crippen LogP contribution in [-0.4, -0.2) is 71.5 Å². The Balaban J connectivity index is 1.54. The van der Waals surface area contributed by atoms with Crippen LogP contribution in [0.15, 0.2) is 30.5 Å². The van der Waals surface area contributed by atoms with Crippen LogP contribution in [0.4, 0.5) is 0 Å². The Hall–Kier alpha value is -1.92. The molecular formula is C22H33N5O4S2. The van der Waals surface area contributed by atoms with E-state index in [4.69, 9.17) is 15.2 Å². The Kier molecular flexibility index (Phi) is 12.5. The monoisotopic (exact) mass is 495 g/mol. The first-order chi connectivity index (χ1) is 15.9. The van der Waals surface area contributed by atoms with Crippen LogP contribution >= 0.6 is 21.6 Å². The molecule has 2 rings (SSSR count). The van der Waals surface area contributed by atoms with Crippen molar-refractivity contribution in [1.82, 2.24) is 20.3 Å². The molecule has 33 heavy (non-hydrogen) atoms. The minimum Gasteiger partial charge on any atom is -0.377 e. The van der Waals surface area contributed by atoms with Crippen molar-refractivity contribution in [1.29, 1.82) is 0 Å². The summed E-state index contributed by atoms with van der Waals surface area (Å²) in [5.74, 6) is 0.452. The maximum Gasteiger partial charge on any atom is 0.251 e. The van der Waals surface area contributed by atoms with Crippen molar-refractivity contribution in [2.75, 3.05) is 38.7 Å². The number of nitrogens with one attached hydrogen (secondary N) is 1. The lowest BCUT2D eigenvalue weighted by molar-refractivity contribution is -0.117. The molecule has 1 aromatic heterocycles. The van der Waals surface area contributed by atoms with E-state index < -0.39 is 6.04 Å². The Labute approximate surface area is 202 Å². The number of ether oxygens (including phenoxy) is 2. The van der Waals surface area contributed by atoms with Crippen molar-refractivity contribution in [3.05, 3.63) is 47.3 Å². The lowest BCUT2D eigenvalue weighted by Crippen LogP contribution is -2.30. The number of hydrogen-bond donors (Lipinski definition) is 2. The zero-order valence-corrected chi connectivity index (χ0v) is 21.0. The molecule has 1 heterocycles. The largest absolute Gasteiger partial charge is 0.377 e. The van der Waals surface area contributed by atoms with E-state index in [1.165, 1.54) is 6.92 Å². The van der Waals surface area contributed by atoms with E-state index in [0.717, 1.165) is 11.3 Å². The van der Waals surface area contributed by atoms with Crippen LogP contribution < -0.4 is 11.1 Å². The molecule has 0 bridgehead atoms. The number of carbonyl (C=O) groups is 2. The number of benzene rings is 1. The number of nitrogens with zero attached hydrogens (tertiary/aromatic N) is 3. The van der Waals surface area contributed by atoms with Crippen LogP contribution in [0.1, 0.15) is 40.7 Å². The molecule has 1 aromatic carbocycles. The summed E-state index contributed by atoms with van der Waals surface area (Å²) in [7, 11) is 3.25. The second-order valence-corrected chi connectivity index (χ2v) is 10.2. The SMILES string of the molecule is CC(=O)[C@@H](N)CSSC(C)c1ccc(C(=O)NCCOCCOCCn2cc(C)nn2)cc1. The molecule has 0 aliphatic rings. The first kappa shape index (κ1) is 27.3. The van der Waals surface area contributed by atoms with Crippen LogP contribution in [0, 0.1) is 6.92 Å². The van der Waals surface area contributed by atoms with Gasteiger partial charge in [0.15, 0.2) is 0 Å². The Morgan fingerprint density at radius 1 is 1.15 bits per heavy atom. The number of hydrogen-bond acceptors (Lipinski definition) is 9. The van der Waals surface area contributed by atoms with E-state index in [2.05, 4.69) is 22.6 Å². The van der Waals surface area contributed by atoms with Crippen LogP contribution in [-0.2, 0) is 20.8 Å². The van der Waals surface area contributed by atoms with Crippen molar-refractivity contribution in [2.45, 2.75) is 38.6 Å². The number of Topliss-reactive ketones (excluding diaryl/α,β-unsaturated/α-hetero) is 1. The quantitative estimate of drug-likeness (QED) is 0.267. The number of rotatable bonds is 16. The predicted molar refractivity (Wildman–Crippen MR) is 132 cm³/mol. The summed E-state index contributed by atoms with van der Waals surface area (Å²) in [6.07, 6.45) is 1.86. The summed E-state index contributed by atoms with van der Waals surface area (Å²) in [5, 5.41) is 10.9. The highest BCUT2D eigenvalue weighted by molar-refractivity contribution is 8.76. The standard InChI is InChI=1S/C22H33N5O4S2/c1-16-14-27(26-25-16)9-11-31-13-12-30-10-8-24-22(29)20-6-4-19(5-7-20)18(3)33-32-15-21(23)17(2)28/h4-7,14,18,21H,8-13,15,23H2,1-3H3,(H,24,29)/t18?,21-/m0/s1. The highest BCUT2D eigenvalue weighted by Gasteiger charge is 2.12. The van der Waals surface area contributed by atoms with Crippen molar-refractivity contribution >= 4 is 33.3 Å². The number of aromatic nitrogens is 3. The lowest BCUT2D eigenvalue weighted by Gasteiger charge is -2.13. The first-order valence-corrected chi connectivity index (χ1v) is 13.2. The molecule has 0 fully saturated rings. The number of nitrogens with two attached hydrogens (primary N) is 1. The van der Waals surface area contributed by atoms with E-state index in [-0.39, 0.29) is 16.9 Å². The second kappa shape index (κ2) is 15.1. The van der Waals surface area contributed by atoms with Crippen molar-refractivity contribution in [2.24, 2.45) is 5.73 Å². The van der Waals surface area contributed by atoms with Crippen LogP contribution in [0.5, 0.6) is 0 Å². The number of carbonyl (C=O) groups excluding carboxylic acids is 2. The third-order valence-electron chi connectivity index (χ3n) is 4.65. The molecule has 2 atom stereocenters. The van der Waals surface area contributed by atoms with Gasteiger partial charge in [0.05, 0.1) is 44.7 Å². The average molecular weight is 496 g/mol. The summed E-state index contributed by atoms with van der Waals surface area (Å²) < 4.78 is 12.7. The molecule has 1 amide bonds. The van der Waals surface area contributed by atoms with E-state index in [1.807, 2.05) is 37.4 Å². The molecule has 0 saturated carbocycles. The van der Waals surface area contributed by atoms with E-state index in [1.54, 1.807) is 26.3 Å². The molecule has 182 valence electrons. The molecular weight excluding hydrogens is 462 g/mol. The van der Waals surface area contributed by atoms with E-state index in [0.29, 0.717) is 50.8 Å². The third-order valence-corrected chi connectivity index (χ3v) is 7.52. The zero-order valence-electron chi connectivity index (χ0n) is 19.4. The molecule has 0 aliphatic heterocycles. The molecule has 3 N–H and O–H groups in total. The minimum atomic E-state index is -0.424. The molecule has 11 heteroatoms. The molecule has 0 aliphatic carbocycles. The summed E-state index contributed by atoms with van der Waals surface area (Å²) in [5.41, 5.74) is 8.35. The van der Waals surface area contributed by atoms with Gasteiger partial charge in [0, 0.05) is 29.3 Å². The smallest absolute Gasteiger partial charge is 0.251 e. The van der Waals surface area contributed by atoms with Gasteiger partial charge in [0.1, 0.15) is 5.78 Å². The molecule has 0 spiro atoms. The molecule has 9 nitrogen and oxygen atoms in total. The van der Waals surface area contributed by atoms with Crippen molar-refractivity contribution in [3.63, 3.8) is 0 Å². The first-order valence-electron chi connectivity index (χ1n) is 10.8. The third kappa shape index (κ3) is 10.7. The number of ketones is 1. The molecule has 2 aromatic rings. The van der Waals surface area contributed by atoms with Crippen molar-refractivity contribution in [3.8, 4) is 0 Å². The summed E-state index contributed by atoms with van der Waals surface area (Å²) in [6.45, 7) is 8.48. The number of amides is 1. The van der Waals surface area contributed by atoms with Gasteiger partial charge in [-0.15, -0.1) is 5.10 Å². The minimum absolute atomic E-state index is 0.000668. The maximum atomic E-state index is 12.3. The van der Waals surface area contributed by atoms with Gasteiger partial charge < -0.3 is 20.5 Å². The van der Waals surface area contributed by atoms with Gasteiger partial charge in [-0.3, -0.25) is 9.59 Å². The van der Waals surface area contributed by atoms with Gasteiger partial charge in [0.2, 0.25) is 0 Å². The fourth-order valence-corrected chi connectivity index (χ4v) is 5.17. The van der Waals surface area contributed by atoms with Gasteiger partial charge in [0.25, 0.3) is 5.91 Å². The highest BCUT2D eigenvalue weighted by atomic mass is 33.1. The predicted octanol–water partition coefficient (Wildman–Crippen LogP) is 2.41. The van der Waals surface area contributed by atoms with Crippen LogP contribution in [0.3, 0.4) is 0 Å². The van der Waals surface area contributed by atoms with E-state index >= 15 is 0 Å². The number of aryl methyl sites for hydroxylation is 1. The fraction of sp³-hybridized carbons (Fsp3) is 0.545. The lowest BCUT2D eigenvalue weighted by atomic mass is 10.1. The summed E-state index contributed by atoms with van der Waals surface area (Å²) in [4.78, 5) is 23.5. The van der Waals surface area contributed by atoms with Crippen LogP contribution in [0.25, 0.3) is 0 Å². The van der Waals surface area contributed by atoms with Gasteiger partial charge in [-0.05, 0) is 38.5 Å². The Bertz CT molecular complexity index is 863. The topological polar surface area (TPSA) is 121 Å². The van der Waals surface area contributed by atoms with E-state index in [9.17, 15) is 9.59 Å². The average Bonchev–Trinajstić information content (AvgIpc) is 3.22. The second-order valence-electron chi connectivity index (χ2n) is 7.47. The van der Waals surface area contributed by atoms with Gasteiger partial charge in [-0.1, -0.05) is 38.9 Å². The van der Waals surface area contributed by atoms with Crippen LogP contribution in [0.2, 0.25) is 0 Å². The fourth-order valence-electron chi connectivity index (χ4n) is 2.62. The summed E-state index contributed by atoms with van der Waals surface area (Å²) in [6, 6.07) is 7.11. The highest BCUT2D eigenvalue weighted by Crippen LogP contribution is 2.37. The summed E-state index contributed by atoms with van der Waals surface area (Å²) >= 11 is 0. The molecule has 0 radical (unpaired) electrons. The Morgan fingerprint density at radius 2 is 1.85 bits per heavy atom. The Morgan fingerprint density at radius 3 is 2.48 bits per heavy atom. The van der Waals surface area contributed by atoms with Gasteiger partial charge >= 0.3 is 0 Å². The van der Waals surface area contributed by atoms with Gasteiger partial charge in [-0.25, -0.2) is 4.68 Å².